The van der Waals surface area contributed by atoms with E-state index in [1.807, 2.05) is 23.5 Å². The SMILES string of the molecule is C=C1SCCC(/C=C2\SCCC(C=C3SCCCCCS3)CS2)S1. The van der Waals surface area contributed by atoms with Crippen LogP contribution in [0.2, 0.25) is 0 Å². The Kier molecular flexibility index (Phi) is 9.39. The maximum atomic E-state index is 4.14. The van der Waals surface area contributed by atoms with Gasteiger partial charge in [0.1, 0.15) is 0 Å². The third kappa shape index (κ3) is 7.15. The van der Waals surface area contributed by atoms with E-state index in [9.17, 15) is 0 Å². The molecule has 0 aromatic heterocycles. The van der Waals surface area contributed by atoms with Gasteiger partial charge in [-0.3, -0.25) is 0 Å². The molecule has 3 heterocycles. The van der Waals surface area contributed by atoms with Crippen LogP contribution in [0.15, 0.2) is 31.4 Å². The Bertz CT molecular complexity index is 474. The quantitative estimate of drug-likeness (QED) is 0.437. The third-order valence-corrected chi connectivity index (χ3v) is 11.6. The average molecular weight is 435 g/mol. The minimum absolute atomic E-state index is 0.653. The van der Waals surface area contributed by atoms with Gasteiger partial charge in [-0.05, 0) is 54.6 Å². The van der Waals surface area contributed by atoms with Crippen LogP contribution in [0.25, 0.3) is 0 Å². The van der Waals surface area contributed by atoms with E-state index in [0.29, 0.717) is 5.25 Å². The summed E-state index contributed by atoms with van der Waals surface area (Å²) in [5.74, 6) is 7.16. The van der Waals surface area contributed by atoms with Crippen LogP contribution < -0.4 is 0 Å². The molecule has 0 amide bonds. The first-order valence-electron chi connectivity index (χ1n) is 8.73. The van der Waals surface area contributed by atoms with E-state index in [1.54, 1.807) is 8.47 Å². The van der Waals surface area contributed by atoms with Crippen molar-refractivity contribution >= 4 is 70.6 Å². The lowest BCUT2D eigenvalue weighted by atomic mass is 10.1. The van der Waals surface area contributed by atoms with Crippen LogP contribution in [-0.4, -0.2) is 34.0 Å². The predicted octanol–water partition coefficient (Wildman–Crippen LogP) is 7.52. The summed E-state index contributed by atoms with van der Waals surface area (Å²) in [5.41, 5.74) is 0. The van der Waals surface area contributed by atoms with Crippen LogP contribution in [0, 0.1) is 5.92 Å². The predicted molar refractivity (Wildman–Crippen MR) is 126 cm³/mol. The van der Waals surface area contributed by atoms with Gasteiger partial charge in [0.25, 0.3) is 0 Å². The van der Waals surface area contributed by atoms with E-state index in [0.717, 1.165) is 5.92 Å². The molecule has 3 saturated heterocycles. The van der Waals surface area contributed by atoms with Gasteiger partial charge >= 0.3 is 0 Å². The van der Waals surface area contributed by atoms with Crippen molar-refractivity contribution in [2.24, 2.45) is 5.92 Å². The first-order valence-corrected chi connectivity index (χ1v) is 14.5. The number of hydrogen-bond acceptors (Lipinski definition) is 6. The lowest BCUT2D eigenvalue weighted by Crippen LogP contribution is -2.05. The molecule has 0 saturated carbocycles. The van der Waals surface area contributed by atoms with Crippen molar-refractivity contribution in [3.05, 3.63) is 31.4 Å². The minimum atomic E-state index is 0.653. The van der Waals surface area contributed by atoms with Crippen LogP contribution in [0.3, 0.4) is 0 Å². The van der Waals surface area contributed by atoms with Crippen LogP contribution in [0.5, 0.6) is 0 Å². The second-order valence-electron chi connectivity index (χ2n) is 6.10. The molecule has 0 nitrogen and oxygen atoms in total. The normalized spacial score (nSPS) is 32.1. The van der Waals surface area contributed by atoms with Crippen molar-refractivity contribution in [1.82, 2.24) is 0 Å². The second kappa shape index (κ2) is 11.2. The van der Waals surface area contributed by atoms with Gasteiger partial charge in [0, 0.05) is 23.7 Å². The van der Waals surface area contributed by atoms with Crippen LogP contribution >= 0.6 is 70.6 Å². The maximum absolute atomic E-state index is 4.14. The molecule has 0 aliphatic carbocycles. The van der Waals surface area contributed by atoms with E-state index in [1.165, 1.54) is 65.1 Å². The van der Waals surface area contributed by atoms with Gasteiger partial charge in [0.2, 0.25) is 0 Å². The Morgan fingerprint density at radius 1 is 0.750 bits per heavy atom. The fourth-order valence-electron chi connectivity index (χ4n) is 2.73. The molecule has 3 rings (SSSR count). The topological polar surface area (TPSA) is 0 Å². The molecule has 134 valence electrons. The van der Waals surface area contributed by atoms with Crippen molar-refractivity contribution in [3.8, 4) is 0 Å². The molecular formula is C18H26S6. The first kappa shape index (κ1) is 20.1. The highest BCUT2D eigenvalue weighted by atomic mass is 32.2. The molecule has 3 fully saturated rings. The van der Waals surface area contributed by atoms with E-state index >= 15 is 0 Å². The highest BCUT2D eigenvalue weighted by molar-refractivity contribution is 8.24. The fourth-order valence-corrected chi connectivity index (χ4v) is 10.4. The molecule has 0 aromatic carbocycles. The van der Waals surface area contributed by atoms with Gasteiger partial charge in [-0.2, -0.15) is 0 Å². The third-order valence-electron chi connectivity index (χ3n) is 4.09. The van der Waals surface area contributed by atoms with Gasteiger partial charge in [-0.15, -0.1) is 70.6 Å². The summed E-state index contributed by atoms with van der Waals surface area (Å²) in [7, 11) is 0. The Morgan fingerprint density at radius 3 is 2.25 bits per heavy atom. The summed E-state index contributed by atoms with van der Waals surface area (Å²) in [4.78, 5) is 0. The molecule has 0 bridgehead atoms. The van der Waals surface area contributed by atoms with Gasteiger partial charge in [0.15, 0.2) is 0 Å². The van der Waals surface area contributed by atoms with Gasteiger partial charge < -0.3 is 0 Å². The lowest BCUT2D eigenvalue weighted by Gasteiger charge is -2.20. The number of hydrogen-bond donors (Lipinski definition) is 0. The molecular weight excluding hydrogens is 409 g/mol. The summed E-state index contributed by atoms with van der Waals surface area (Å²) >= 11 is 12.3. The molecule has 3 aliphatic heterocycles. The molecule has 0 radical (unpaired) electrons. The standard InChI is InChI=1S/C18H26S6/c1-14-19-10-6-16(24-14)12-18-22-9-5-15(13-23-18)11-17-20-7-3-2-4-8-21-17/h11-12,15-16H,1-10,13H2/b18-12+. The van der Waals surface area contributed by atoms with Gasteiger partial charge in [-0.25, -0.2) is 0 Å². The molecule has 2 unspecified atom stereocenters. The molecule has 0 N–H and O–H groups in total. The zero-order chi connectivity index (χ0) is 16.6. The second-order valence-corrected chi connectivity index (χ2v) is 13.9. The van der Waals surface area contributed by atoms with Crippen LogP contribution in [0.1, 0.15) is 32.1 Å². The van der Waals surface area contributed by atoms with Gasteiger partial charge in [-0.1, -0.05) is 25.2 Å². The molecule has 6 heteroatoms. The van der Waals surface area contributed by atoms with Crippen molar-refractivity contribution in [2.75, 3.05) is 28.8 Å². The Morgan fingerprint density at radius 2 is 1.46 bits per heavy atom. The molecule has 0 spiro atoms. The molecule has 3 aliphatic rings. The summed E-state index contributed by atoms with van der Waals surface area (Å²) in [6.07, 6.45) is 12.0. The number of rotatable bonds is 2. The minimum Gasteiger partial charge on any atom is -0.120 e. The van der Waals surface area contributed by atoms with Crippen molar-refractivity contribution in [1.29, 1.82) is 0 Å². The largest absolute Gasteiger partial charge is 0.120 e. The van der Waals surface area contributed by atoms with E-state index in [2.05, 4.69) is 65.8 Å². The lowest BCUT2D eigenvalue weighted by molar-refractivity contribution is 0.720. The Hall–Kier alpha value is 1.32. The van der Waals surface area contributed by atoms with E-state index in [-0.39, 0.29) is 0 Å². The average Bonchev–Trinajstić information content (AvgIpc) is 2.75. The summed E-state index contributed by atoms with van der Waals surface area (Å²) < 4.78 is 4.47. The summed E-state index contributed by atoms with van der Waals surface area (Å²) in [6, 6.07) is 0. The zero-order valence-corrected chi connectivity index (χ0v) is 18.9. The highest BCUT2D eigenvalue weighted by Crippen LogP contribution is 2.43. The molecule has 2 atom stereocenters. The summed E-state index contributed by atoms with van der Waals surface area (Å²) in [6.45, 7) is 4.14. The molecule has 24 heavy (non-hydrogen) atoms. The summed E-state index contributed by atoms with van der Waals surface area (Å²) in [5, 5.41) is 0.653. The Balaban J connectivity index is 1.53. The maximum Gasteiger partial charge on any atom is 0.0372 e. The first-order chi connectivity index (χ1) is 11.8. The number of thioether (sulfide) groups is 6. The monoisotopic (exact) mass is 434 g/mol. The Labute approximate surface area is 173 Å². The van der Waals surface area contributed by atoms with E-state index in [4.69, 9.17) is 0 Å². The van der Waals surface area contributed by atoms with Crippen LogP contribution in [0.4, 0.5) is 0 Å². The van der Waals surface area contributed by atoms with E-state index < -0.39 is 0 Å². The highest BCUT2D eigenvalue weighted by Gasteiger charge is 2.19. The van der Waals surface area contributed by atoms with Crippen molar-refractivity contribution < 1.29 is 0 Å². The van der Waals surface area contributed by atoms with Gasteiger partial charge in [0.05, 0.1) is 0 Å². The van der Waals surface area contributed by atoms with Crippen LogP contribution in [-0.2, 0) is 0 Å². The fraction of sp³-hybridized carbons (Fsp3) is 0.667. The zero-order valence-electron chi connectivity index (χ0n) is 14.0. The molecule has 0 aromatic rings. The van der Waals surface area contributed by atoms with Crippen molar-refractivity contribution in [2.45, 2.75) is 37.4 Å². The number of allylic oxidation sites excluding steroid dienone is 1. The smallest absolute Gasteiger partial charge is 0.0372 e. The van der Waals surface area contributed by atoms with Crippen molar-refractivity contribution in [3.63, 3.8) is 0 Å².